The number of aromatic nitrogens is 2. The Labute approximate surface area is 183 Å². The zero-order valence-corrected chi connectivity index (χ0v) is 19.1. The largest absolute Gasteiger partial charge is 0.394 e. The van der Waals surface area contributed by atoms with Gasteiger partial charge in [-0.15, -0.1) is 0 Å². The minimum Gasteiger partial charge on any atom is -0.372 e. The minimum atomic E-state index is -4.02. The fraction of sp³-hybridized carbons (Fsp3) is 0.700. The van der Waals surface area contributed by atoms with Crippen LogP contribution in [0.3, 0.4) is 0 Å². The number of rotatable bonds is 10. The second kappa shape index (κ2) is 8.25. The first-order valence-corrected chi connectivity index (χ1v) is 11.0. The van der Waals surface area contributed by atoms with E-state index in [0.29, 0.717) is 37.4 Å². The Morgan fingerprint density at radius 2 is 1.90 bits per heavy atom. The van der Waals surface area contributed by atoms with Gasteiger partial charge >= 0.3 is 6.18 Å². The summed E-state index contributed by atoms with van der Waals surface area (Å²) in [4.78, 5) is 10.7. The Morgan fingerprint density at radius 3 is 2.45 bits per heavy atom. The predicted molar refractivity (Wildman–Crippen MR) is 115 cm³/mol. The van der Waals surface area contributed by atoms with Crippen LogP contribution in [0.4, 0.5) is 24.8 Å². The number of halogens is 5. The molecule has 1 aromatic heterocycles. The molecule has 3 aliphatic rings. The molecule has 1 heterocycles. The van der Waals surface area contributed by atoms with Gasteiger partial charge in [0.05, 0.1) is 5.41 Å². The zero-order valence-electron chi connectivity index (χ0n) is 16.8. The van der Waals surface area contributed by atoms with Crippen molar-refractivity contribution in [2.45, 2.75) is 58.0 Å². The molecule has 0 aromatic carbocycles. The molecule has 0 radical (unpaired) electrons. The maximum absolute atomic E-state index is 13.0. The molecule has 4 rings (SSSR count). The molecule has 3 saturated carbocycles. The quantitative estimate of drug-likeness (QED) is 0.225. The van der Waals surface area contributed by atoms with Crippen molar-refractivity contribution < 1.29 is 13.2 Å². The van der Waals surface area contributed by atoms with Gasteiger partial charge in [-0.3, -0.25) is 0 Å². The van der Waals surface area contributed by atoms with E-state index in [1.807, 2.05) is 6.92 Å². The van der Waals surface area contributed by atoms with Gasteiger partial charge in [-0.2, -0.15) is 23.1 Å². The number of hydrogen-bond donors (Lipinski definition) is 1. The molecule has 0 amide bonds. The smallest absolute Gasteiger partial charge is 0.372 e. The van der Waals surface area contributed by atoms with Crippen LogP contribution in [0.5, 0.6) is 0 Å². The van der Waals surface area contributed by atoms with Gasteiger partial charge in [-0.1, -0.05) is 25.0 Å². The molecule has 3 fully saturated rings. The van der Waals surface area contributed by atoms with Gasteiger partial charge in [0, 0.05) is 20.1 Å². The van der Waals surface area contributed by atoms with Gasteiger partial charge < -0.3 is 10.2 Å². The van der Waals surface area contributed by atoms with E-state index in [1.54, 1.807) is 7.05 Å². The summed E-state index contributed by atoms with van der Waals surface area (Å²) in [6, 6.07) is 0. The van der Waals surface area contributed by atoms with Crippen molar-refractivity contribution in [3.05, 3.63) is 21.9 Å². The van der Waals surface area contributed by atoms with Crippen molar-refractivity contribution in [1.82, 2.24) is 9.97 Å². The third-order valence-corrected chi connectivity index (χ3v) is 7.08. The van der Waals surface area contributed by atoms with E-state index >= 15 is 0 Å². The molecule has 29 heavy (non-hydrogen) atoms. The Bertz CT molecular complexity index is 764. The molecule has 2 bridgehead atoms. The fourth-order valence-corrected chi connectivity index (χ4v) is 5.70. The molecule has 162 valence electrons. The lowest BCUT2D eigenvalue weighted by molar-refractivity contribution is -0.364. The van der Waals surface area contributed by atoms with Gasteiger partial charge in [0.25, 0.3) is 0 Å². The molecule has 1 aromatic rings. The molecular formula is C20H27BrClF3N4. The number of nitrogens with zero attached hydrogens (tertiary/aromatic N) is 3. The number of alkyl halides is 3. The topological polar surface area (TPSA) is 41.1 Å². The highest BCUT2D eigenvalue weighted by Gasteiger charge is 2.77. The summed E-state index contributed by atoms with van der Waals surface area (Å²) in [5.41, 5.74) is -0.365. The molecule has 9 heteroatoms. The number of anilines is 2. The molecule has 4 nitrogen and oxygen atoms in total. The number of nitrogens with one attached hydrogen (secondary N) is 1. The van der Waals surface area contributed by atoms with Gasteiger partial charge in [-0.25, -0.2) is 0 Å². The van der Waals surface area contributed by atoms with Crippen LogP contribution in [0.25, 0.3) is 0 Å². The summed E-state index contributed by atoms with van der Waals surface area (Å²) in [5.74, 6) is 1.33. The molecular weight excluding hydrogens is 469 g/mol. The van der Waals surface area contributed by atoms with Crippen LogP contribution in [0.1, 0.15) is 51.9 Å². The van der Waals surface area contributed by atoms with Crippen LogP contribution >= 0.6 is 27.5 Å². The van der Waals surface area contributed by atoms with Gasteiger partial charge in [0.2, 0.25) is 5.28 Å². The Balaban J connectivity index is 1.50. The standard InChI is InChI=1S/C20H27BrClF3N4/c1-13(2)9-29(16-14(21)15(26-3)27-17(22)28-16)8-6-4-5-7-18-10-19(11-18,12-18)20(23,24)25/h1,4-12H2,2-3H3,(H,26,27,28). The monoisotopic (exact) mass is 494 g/mol. The van der Waals surface area contributed by atoms with Crippen LogP contribution < -0.4 is 10.2 Å². The highest BCUT2D eigenvalue weighted by Crippen LogP contribution is 2.79. The van der Waals surface area contributed by atoms with Crippen molar-refractivity contribution >= 4 is 39.2 Å². The van der Waals surface area contributed by atoms with Gasteiger partial charge in [-0.05, 0) is 72.0 Å². The maximum Gasteiger partial charge on any atom is 0.394 e. The van der Waals surface area contributed by atoms with Crippen LogP contribution in [0.2, 0.25) is 5.28 Å². The molecule has 0 saturated heterocycles. The Kier molecular flexibility index (Phi) is 6.45. The first-order valence-electron chi connectivity index (χ1n) is 9.88. The molecule has 1 N–H and O–H groups in total. The zero-order chi connectivity index (χ0) is 21.4. The van der Waals surface area contributed by atoms with E-state index in [9.17, 15) is 13.2 Å². The Hall–Kier alpha value is -1.02. The van der Waals surface area contributed by atoms with E-state index in [1.165, 1.54) is 0 Å². The molecule has 0 atom stereocenters. The third kappa shape index (κ3) is 4.53. The van der Waals surface area contributed by atoms with Gasteiger partial charge in [0.15, 0.2) is 0 Å². The average molecular weight is 496 g/mol. The van der Waals surface area contributed by atoms with Crippen molar-refractivity contribution in [3.8, 4) is 0 Å². The van der Waals surface area contributed by atoms with E-state index in [-0.39, 0.29) is 10.7 Å². The van der Waals surface area contributed by atoms with Gasteiger partial charge in [0.1, 0.15) is 16.1 Å². The number of hydrogen-bond acceptors (Lipinski definition) is 4. The summed E-state index contributed by atoms with van der Waals surface area (Å²) in [7, 11) is 1.77. The lowest BCUT2D eigenvalue weighted by Gasteiger charge is -2.71. The van der Waals surface area contributed by atoms with Crippen LogP contribution in [-0.2, 0) is 0 Å². The van der Waals surface area contributed by atoms with E-state index < -0.39 is 11.6 Å². The molecule has 0 unspecified atom stereocenters. The van der Waals surface area contributed by atoms with E-state index in [4.69, 9.17) is 11.6 Å². The van der Waals surface area contributed by atoms with Crippen LogP contribution in [0, 0.1) is 10.8 Å². The first kappa shape index (κ1) is 22.7. The Morgan fingerprint density at radius 1 is 1.24 bits per heavy atom. The first-order chi connectivity index (χ1) is 13.5. The molecule has 0 spiro atoms. The lowest BCUT2D eigenvalue weighted by Crippen LogP contribution is -2.67. The lowest BCUT2D eigenvalue weighted by atomic mass is 9.34. The fourth-order valence-electron chi connectivity index (χ4n) is 4.91. The minimum absolute atomic E-state index is 0.0299. The second-order valence-corrected chi connectivity index (χ2v) is 9.86. The molecule has 3 aliphatic carbocycles. The highest BCUT2D eigenvalue weighted by atomic mass is 79.9. The normalized spacial score (nSPS) is 25.2. The highest BCUT2D eigenvalue weighted by molar-refractivity contribution is 9.10. The predicted octanol–water partition coefficient (Wildman–Crippen LogP) is 6.61. The summed E-state index contributed by atoms with van der Waals surface area (Å²) < 4.78 is 39.6. The molecule has 0 aliphatic heterocycles. The number of unbranched alkanes of at least 4 members (excludes halogenated alkanes) is 2. The van der Waals surface area contributed by atoms with Crippen molar-refractivity contribution in [2.75, 3.05) is 30.4 Å². The second-order valence-electron chi connectivity index (χ2n) is 8.73. The third-order valence-electron chi connectivity index (χ3n) is 6.18. The maximum atomic E-state index is 13.0. The SMILES string of the molecule is C=C(C)CN(CCCCCC12CC(C(F)(F)F)(C1)C2)c1nc(Cl)nc(NC)c1Br. The van der Waals surface area contributed by atoms with Crippen molar-refractivity contribution in [2.24, 2.45) is 10.8 Å². The van der Waals surface area contributed by atoms with Crippen molar-refractivity contribution in [3.63, 3.8) is 0 Å². The summed E-state index contributed by atoms with van der Waals surface area (Å²) in [6.45, 7) is 7.37. The summed E-state index contributed by atoms with van der Waals surface area (Å²) in [5, 5.41) is 3.17. The summed E-state index contributed by atoms with van der Waals surface area (Å²) >= 11 is 9.62. The van der Waals surface area contributed by atoms with Crippen molar-refractivity contribution in [1.29, 1.82) is 0 Å². The van der Waals surface area contributed by atoms with Crippen LogP contribution in [0.15, 0.2) is 16.6 Å². The summed E-state index contributed by atoms with van der Waals surface area (Å²) in [6.07, 6.45) is 0.760. The van der Waals surface area contributed by atoms with Crippen LogP contribution in [-0.4, -0.2) is 36.3 Å². The van der Waals surface area contributed by atoms with E-state index in [0.717, 1.165) is 42.3 Å². The average Bonchev–Trinajstić information content (AvgIpc) is 2.54. The van der Waals surface area contributed by atoms with E-state index in [2.05, 4.69) is 42.7 Å².